The van der Waals surface area contributed by atoms with Gasteiger partial charge in [-0.3, -0.25) is 9.59 Å². The molecule has 0 radical (unpaired) electrons. The van der Waals surface area contributed by atoms with E-state index in [1.165, 1.54) is 12.3 Å². The quantitative estimate of drug-likeness (QED) is 0.242. The smallest absolute Gasteiger partial charge is 0.315 e. The van der Waals surface area contributed by atoms with Gasteiger partial charge in [-0.1, -0.05) is 18.2 Å². The number of hydrazone groups is 1. The summed E-state index contributed by atoms with van der Waals surface area (Å²) in [4.78, 5) is 36.8. The molecule has 1 aromatic carbocycles. The van der Waals surface area contributed by atoms with Crippen LogP contribution < -0.4 is 21.4 Å². The van der Waals surface area contributed by atoms with Crippen molar-refractivity contribution in [2.24, 2.45) is 10.9 Å². The molecular weight excluding hydrogens is 338 g/mol. The minimum Gasteiger partial charge on any atom is -0.481 e. The molecule has 138 valence electrons. The molecule has 1 fully saturated rings. The highest BCUT2D eigenvalue weighted by Crippen LogP contribution is 2.21. The zero-order valence-corrected chi connectivity index (χ0v) is 14.1. The van der Waals surface area contributed by atoms with Crippen LogP contribution >= 0.6 is 0 Å². The standard InChI is InChI=1S/C17H21N5O4/c1-2-12(9-15(23)24)20-17(26)21-14-7-8-22(16(14)25)13-5-3-11(4-6-13)10-19-18/h2-6,10,12,14H,1,7-9,18H2,(H,23,24)(H2,20,21,26)/t12-,14?/m1/s1. The van der Waals surface area contributed by atoms with E-state index < -0.39 is 24.1 Å². The van der Waals surface area contributed by atoms with Gasteiger partial charge < -0.3 is 26.5 Å². The number of carboxylic acids is 1. The Morgan fingerprint density at radius 2 is 2.12 bits per heavy atom. The summed E-state index contributed by atoms with van der Waals surface area (Å²) in [7, 11) is 0. The van der Waals surface area contributed by atoms with E-state index >= 15 is 0 Å². The molecule has 5 N–H and O–H groups in total. The van der Waals surface area contributed by atoms with Gasteiger partial charge in [0.2, 0.25) is 5.91 Å². The van der Waals surface area contributed by atoms with E-state index in [9.17, 15) is 14.4 Å². The summed E-state index contributed by atoms with van der Waals surface area (Å²) in [6.07, 6.45) is 3.01. The molecule has 9 nitrogen and oxygen atoms in total. The second-order valence-electron chi connectivity index (χ2n) is 5.76. The number of rotatable bonds is 7. The largest absolute Gasteiger partial charge is 0.481 e. The van der Waals surface area contributed by atoms with Crippen LogP contribution in [-0.4, -0.2) is 47.9 Å². The maximum Gasteiger partial charge on any atom is 0.315 e. The molecule has 0 spiro atoms. The zero-order chi connectivity index (χ0) is 19.1. The fraction of sp³-hybridized carbons (Fsp3) is 0.294. The van der Waals surface area contributed by atoms with Crippen molar-refractivity contribution < 1.29 is 19.5 Å². The van der Waals surface area contributed by atoms with E-state index in [1.807, 2.05) is 0 Å². The van der Waals surface area contributed by atoms with E-state index in [-0.39, 0.29) is 12.3 Å². The minimum atomic E-state index is -1.05. The van der Waals surface area contributed by atoms with E-state index in [0.29, 0.717) is 18.7 Å². The Bertz CT molecular complexity index is 716. The van der Waals surface area contributed by atoms with Gasteiger partial charge in [-0.25, -0.2) is 4.79 Å². The summed E-state index contributed by atoms with van der Waals surface area (Å²) in [6, 6.07) is 5.13. The lowest BCUT2D eigenvalue weighted by atomic mass is 10.2. The lowest BCUT2D eigenvalue weighted by molar-refractivity contribution is -0.137. The van der Waals surface area contributed by atoms with Crippen molar-refractivity contribution in [3.63, 3.8) is 0 Å². The molecule has 0 aliphatic carbocycles. The Balaban J connectivity index is 1.94. The van der Waals surface area contributed by atoms with Crippen LogP contribution in [0.4, 0.5) is 10.5 Å². The molecule has 1 heterocycles. The number of hydrogen-bond acceptors (Lipinski definition) is 5. The first-order valence-corrected chi connectivity index (χ1v) is 8.00. The molecule has 1 aromatic rings. The summed E-state index contributed by atoms with van der Waals surface area (Å²) >= 11 is 0. The first kappa shape index (κ1) is 19.0. The van der Waals surface area contributed by atoms with Crippen LogP contribution in [0.2, 0.25) is 0 Å². The van der Waals surface area contributed by atoms with Crippen LogP contribution in [0.25, 0.3) is 0 Å². The van der Waals surface area contributed by atoms with Gasteiger partial charge in [0.25, 0.3) is 0 Å². The molecule has 0 bridgehead atoms. The molecule has 1 aliphatic heterocycles. The molecule has 3 amide bonds. The normalized spacial score (nSPS) is 17.9. The summed E-state index contributed by atoms with van der Waals surface area (Å²) in [5, 5.41) is 17.3. The van der Waals surface area contributed by atoms with Crippen molar-refractivity contribution >= 4 is 29.8 Å². The number of aliphatic carboxylic acids is 1. The first-order chi connectivity index (χ1) is 12.4. The predicted molar refractivity (Wildman–Crippen MR) is 96.9 cm³/mol. The van der Waals surface area contributed by atoms with Crippen molar-refractivity contribution in [1.29, 1.82) is 0 Å². The number of carbonyl (C=O) groups is 3. The molecule has 1 aliphatic rings. The van der Waals surface area contributed by atoms with E-state index in [0.717, 1.165) is 5.56 Å². The lowest BCUT2D eigenvalue weighted by Gasteiger charge is -2.18. The Morgan fingerprint density at radius 3 is 2.69 bits per heavy atom. The van der Waals surface area contributed by atoms with Crippen molar-refractivity contribution in [2.75, 3.05) is 11.4 Å². The number of nitrogens with two attached hydrogens (primary N) is 1. The first-order valence-electron chi connectivity index (χ1n) is 8.00. The lowest BCUT2D eigenvalue weighted by Crippen LogP contribution is -2.49. The topological polar surface area (TPSA) is 137 Å². The Labute approximate surface area is 150 Å². The molecular formula is C17H21N5O4. The zero-order valence-electron chi connectivity index (χ0n) is 14.1. The predicted octanol–water partition coefficient (Wildman–Crippen LogP) is 0.413. The van der Waals surface area contributed by atoms with Crippen LogP contribution in [0.5, 0.6) is 0 Å². The number of urea groups is 1. The molecule has 0 saturated carbocycles. The minimum absolute atomic E-state index is 0.228. The third-order valence-electron chi connectivity index (χ3n) is 3.93. The second kappa shape index (κ2) is 8.65. The molecule has 26 heavy (non-hydrogen) atoms. The van der Waals surface area contributed by atoms with Gasteiger partial charge in [0, 0.05) is 12.2 Å². The van der Waals surface area contributed by atoms with Gasteiger partial charge in [0.1, 0.15) is 6.04 Å². The van der Waals surface area contributed by atoms with Crippen molar-refractivity contribution in [3.05, 3.63) is 42.5 Å². The highest BCUT2D eigenvalue weighted by atomic mass is 16.4. The highest BCUT2D eigenvalue weighted by Gasteiger charge is 2.33. The van der Waals surface area contributed by atoms with E-state index in [2.05, 4.69) is 22.3 Å². The summed E-state index contributed by atoms with van der Waals surface area (Å²) in [6.45, 7) is 3.95. The maximum atomic E-state index is 12.5. The SMILES string of the molecule is C=C[C@H](CC(=O)O)NC(=O)NC1CCN(c2ccc(C=NN)cc2)C1=O. The number of nitrogens with one attached hydrogen (secondary N) is 2. The Hall–Kier alpha value is -3.36. The third-order valence-corrected chi connectivity index (χ3v) is 3.93. The van der Waals surface area contributed by atoms with Crippen molar-refractivity contribution in [3.8, 4) is 0 Å². The summed E-state index contributed by atoms with van der Waals surface area (Å²) in [5.41, 5.74) is 1.52. The van der Waals surface area contributed by atoms with Gasteiger partial charge in [-0.2, -0.15) is 5.10 Å². The van der Waals surface area contributed by atoms with Gasteiger partial charge in [0.05, 0.1) is 18.7 Å². The van der Waals surface area contributed by atoms with Crippen LogP contribution in [0.1, 0.15) is 18.4 Å². The fourth-order valence-electron chi connectivity index (χ4n) is 2.65. The number of carbonyl (C=O) groups excluding carboxylic acids is 2. The van der Waals surface area contributed by atoms with Crippen LogP contribution in [-0.2, 0) is 9.59 Å². The molecule has 0 aromatic heterocycles. The molecule has 9 heteroatoms. The van der Waals surface area contributed by atoms with Gasteiger partial charge in [-0.05, 0) is 24.1 Å². The van der Waals surface area contributed by atoms with Crippen molar-refractivity contribution in [1.82, 2.24) is 10.6 Å². The van der Waals surface area contributed by atoms with E-state index in [4.69, 9.17) is 10.9 Å². The second-order valence-corrected chi connectivity index (χ2v) is 5.76. The Morgan fingerprint density at radius 1 is 1.42 bits per heavy atom. The molecule has 2 atom stereocenters. The Kier molecular flexibility index (Phi) is 6.31. The average molecular weight is 359 g/mol. The number of benzene rings is 1. The van der Waals surface area contributed by atoms with Gasteiger partial charge in [0.15, 0.2) is 0 Å². The van der Waals surface area contributed by atoms with Crippen molar-refractivity contribution in [2.45, 2.75) is 24.9 Å². The van der Waals surface area contributed by atoms with E-state index in [1.54, 1.807) is 29.2 Å². The highest BCUT2D eigenvalue weighted by molar-refractivity contribution is 6.01. The maximum absolute atomic E-state index is 12.5. The fourth-order valence-corrected chi connectivity index (χ4v) is 2.65. The molecule has 1 saturated heterocycles. The average Bonchev–Trinajstić information content (AvgIpc) is 2.95. The number of nitrogens with zero attached hydrogens (tertiary/aromatic N) is 2. The number of amides is 3. The van der Waals surface area contributed by atoms with Crippen LogP contribution in [0, 0.1) is 0 Å². The monoisotopic (exact) mass is 359 g/mol. The van der Waals surface area contributed by atoms with Gasteiger partial charge >= 0.3 is 12.0 Å². The third kappa shape index (κ3) is 4.82. The molecule has 1 unspecified atom stereocenters. The van der Waals surface area contributed by atoms with Gasteiger partial charge in [-0.15, -0.1) is 6.58 Å². The number of anilines is 1. The summed E-state index contributed by atoms with van der Waals surface area (Å²) in [5.74, 6) is 3.82. The number of hydrogen-bond donors (Lipinski definition) is 4. The number of carboxylic acid groups (broad SMARTS) is 1. The summed E-state index contributed by atoms with van der Waals surface area (Å²) < 4.78 is 0. The van der Waals surface area contributed by atoms with Crippen LogP contribution in [0.15, 0.2) is 42.0 Å². The van der Waals surface area contributed by atoms with Crippen LogP contribution in [0.3, 0.4) is 0 Å². The molecule has 2 rings (SSSR count).